The maximum absolute atomic E-state index is 13.2. The number of piperidine rings is 1. The van der Waals surface area contributed by atoms with Crippen molar-refractivity contribution in [3.63, 3.8) is 0 Å². The van der Waals surface area contributed by atoms with E-state index in [1.165, 1.54) is 0 Å². The van der Waals surface area contributed by atoms with Crippen molar-refractivity contribution in [2.75, 3.05) is 26.2 Å². The van der Waals surface area contributed by atoms with Gasteiger partial charge in [0.15, 0.2) is 0 Å². The number of halogens is 3. The van der Waals surface area contributed by atoms with Crippen LogP contribution in [0.2, 0.25) is 0 Å². The predicted molar refractivity (Wildman–Crippen MR) is 79.0 cm³/mol. The molecule has 4 nitrogen and oxygen atoms in total. The van der Waals surface area contributed by atoms with E-state index in [4.69, 9.17) is 4.74 Å². The van der Waals surface area contributed by atoms with Gasteiger partial charge in [0, 0.05) is 18.9 Å². The topological polar surface area (TPSA) is 38.2 Å². The van der Waals surface area contributed by atoms with Crippen LogP contribution >= 0.6 is 0 Å². The fourth-order valence-electron chi connectivity index (χ4n) is 3.43. The average molecular weight is 329 g/mol. The van der Waals surface area contributed by atoms with Gasteiger partial charge in [-0.3, -0.25) is 0 Å². The number of rotatable bonds is 5. The van der Waals surface area contributed by atoms with Gasteiger partial charge in [-0.1, -0.05) is 6.42 Å². The molecule has 2 fully saturated rings. The number of hydrogen-bond donors (Lipinski definition) is 0. The standard InChI is InChI=1S/C16H22F3N3O/c17-16(18,19)15(5-1-6-15)12-22-9-3-13(4-10-22)11-23-14-20-7-2-8-21-14/h2,7-8,13H,1,3-6,9-12H2. The molecule has 0 spiro atoms. The summed E-state index contributed by atoms with van der Waals surface area (Å²) >= 11 is 0. The summed E-state index contributed by atoms with van der Waals surface area (Å²) in [7, 11) is 0. The van der Waals surface area contributed by atoms with Gasteiger partial charge in [-0.15, -0.1) is 0 Å². The van der Waals surface area contributed by atoms with Crippen molar-refractivity contribution in [2.45, 2.75) is 38.3 Å². The molecule has 1 aromatic heterocycles. The van der Waals surface area contributed by atoms with E-state index in [9.17, 15) is 13.2 Å². The minimum absolute atomic E-state index is 0.159. The van der Waals surface area contributed by atoms with Crippen molar-refractivity contribution >= 4 is 0 Å². The molecule has 23 heavy (non-hydrogen) atoms. The Kier molecular flexibility index (Phi) is 4.75. The van der Waals surface area contributed by atoms with Crippen LogP contribution in [0.1, 0.15) is 32.1 Å². The van der Waals surface area contributed by atoms with E-state index in [-0.39, 0.29) is 19.4 Å². The van der Waals surface area contributed by atoms with Gasteiger partial charge in [0.1, 0.15) is 0 Å². The molecule has 0 atom stereocenters. The van der Waals surface area contributed by atoms with Crippen LogP contribution < -0.4 is 4.74 Å². The molecule has 1 aromatic rings. The van der Waals surface area contributed by atoms with E-state index in [1.54, 1.807) is 18.5 Å². The second-order valence-electron chi connectivity index (χ2n) is 6.69. The molecule has 1 saturated heterocycles. The third kappa shape index (κ3) is 3.76. The molecule has 0 bridgehead atoms. The molecule has 0 amide bonds. The molecule has 1 aliphatic heterocycles. The van der Waals surface area contributed by atoms with Crippen LogP contribution in [0.5, 0.6) is 6.01 Å². The fourth-order valence-corrected chi connectivity index (χ4v) is 3.43. The zero-order valence-electron chi connectivity index (χ0n) is 13.1. The van der Waals surface area contributed by atoms with Gasteiger partial charge in [0.2, 0.25) is 0 Å². The van der Waals surface area contributed by atoms with Gasteiger partial charge in [-0.05, 0) is 50.8 Å². The molecule has 0 radical (unpaired) electrons. The zero-order chi connectivity index (χ0) is 16.3. The molecule has 3 rings (SSSR count). The molecule has 7 heteroatoms. The Morgan fingerprint density at radius 1 is 1.17 bits per heavy atom. The molecule has 0 unspecified atom stereocenters. The van der Waals surface area contributed by atoms with E-state index >= 15 is 0 Å². The monoisotopic (exact) mass is 329 g/mol. The van der Waals surface area contributed by atoms with Gasteiger partial charge in [-0.2, -0.15) is 13.2 Å². The number of nitrogens with zero attached hydrogens (tertiary/aromatic N) is 3. The Labute approximate surface area is 134 Å². The largest absolute Gasteiger partial charge is 0.463 e. The predicted octanol–water partition coefficient (Wildman–Crippen LogP) is 3.30. The summed E-state index contributed by atoms with van der Waals surface area (Å²) in [5.41, 5.74) is -1.45. The van der Waals surface area contributed by atoms with Crippen LogP contribution in [-0.2, 0) is 0 Å². The lowest BCUT2D eigenvalue weighted by molar-refractivity contribution is -0.256. The second-order valence-corrected chi connectivity index (χ2v) is 6.69. The molecule has 2 aliphatic rings. The lowest BCUT2D eigenvalue weighted by Gasteiger charge is -2.47. The number of alkyl halides is 3. The Bertz CT molecular complexity index is 497. The Morgan fingerprint density at radius 2 is 1.83 bits per heavy atom. The highest BCUT2D eigenvalue weighted by Crippen LogP contribution is 2.53. The molecule has 1 saturated carbocycles. The van der Waals surface area contributed by atoms with E-state index in [0.717, 1.165) is 12.8 Å². The highest BCUT2D eigenvalue weighted by Gasteiger charge is 2.58. The third-order valence-corrected chi connectivity index (χ3v) is 5.14. The summed E-state index contributed by atoms with van der Waals surface area (Å²) in [4.78, 5) is 9.98. The van der Waals surface area contributed by atoms with Crippen LogP contribution in [-0.4, -0.2) is 47.3 Å². The summed E-state index contributed by atoms with van der Waals surface area (Å²) in [5.74, 6) is 0.360. The van der Waals surface area contributed by atoms with Crippen molar-refractivity contribution in [3.05, 3.63) is 18.5 Å². The summed E-state index contributed by atoms with van der Waals surface area (Å²) in [6.45, 7) is 2.11. The van der Waals surface area contributed by atoms with Gasteiger partial charge in [0.05, 0.1) is 12.0 Å². The first-order valence-electron chi connectivity index (χ1n) is 8.17. The average Bonchev–Trinajstić information content (AvgIpc) is 2.50. The molecule has 128 valence electrons. The lowest BCUT2D eigenvalue weighted by Crippen LogP contribution is -2.53. The van der Waals surface area contributed by atoms with Crippen LogP contribution in [0.3, 0.4) is 0 Å². The van der Waals surface area contributed by atoms with E-state index in [1.807, 2.05) is 4.90 Å². The molecule has 0 aromatic carbocycles. The van der Waals surface area contributed by atoms with E-state index < -0.39 is 11.6 Å². The van der Waals surface area contributed by atoms with Crippen LogP contribution in [0.15, 0.2) is 18.5 Å². The molecule has 1 aliphatic carbocycles. The number of likely N-dealkylation sites (tertiary alicyclic amines) is 1. The Hall–Kier alpha value is -1.37. The van der Waals surface area contributed by atoms with Crippen molar-refractivity contribution in [1.82, 2.24) is 14.9 Å². The van der Waals surface area contributed by atoms with Gasteiger partial charge >= 0.3 is 12.2 Å². The van der Waals surface area contributed by atoms with E-state index in [0.29, 0.717) is 38.0 Å². The summed E-state index contributed by atoms with van der Waals surface area (Å²) in [5, 5.41) is 0. The minimum atomic E-state index is -4.07. The van der Waals surface area contributed by atoms with Crippen LogP contribution in [0, 0.1) is 11.3 Å². The maximum Gasteiger partial charge on any atom is 0.395 e. The maximum atomic E-state index is 13.2. The van der Waals surface area contributed by atoms with Crippen molar-refractivity contribution in [1.29, 1.82) is 0 Å². The number of aromatic nitrogens is 2. The highest BCUT2D eigenvalue weighted by molar-refractivity contribution is 4.97. The fraction of sp³-hybridized carbons (Fsp3) is 0.750. The van der Waals surface area contributed by atoms with Crippen molar-refractivity contribution < 1.29 is 17.9 Å². The van der Waals surface area contributed by atoms with Crippen LogP contribution in [0.4, 0.5) is 13.2 Å². The van der Waals surface area contributed by atoms with E-state index in [2.05, 4.69) is 9.97 Å². The SMILES string of the molecule is FC(F)(F)C1(CN2CCC(COc3ncccn3)CC2)CCC1. The minimum Gasteiger partial charge on any atom is -0.463 e. The first kappa shape index (κ1) is 16.5. The lowest BCUT2D eigenvalue weighted by atomic mass is 9.67. The first-order valence-corrected chi connectivity index (χ1v) is 8.17. The highest BCUT2D eigenvalue weighted by atomic mass is 19.4. The number of ether oxygens (including phenoxy) is 1. The van der Waals surface area contributed by atoms with Gasteiger partial charge in [-0.25, -0.2) is 9.97 Å². The smallest absolute Gasteiger partial charge is 0.395 e. The molecular formula is C16H22F3N3O. The number of hydrogen-bond acceptors (Lipinski definition) is 4. The van der Waals surface area contributed by atoms with Gasteiger partial charge < -0.3 is 9.64 Å². The quantitative estimate of drug-likeness (QED) is 0.831. The summed E-state index contributed by atoms with van der Waals surface area (Å²) in [6.07, 6.45) is 2.16. The zero-order valence-corrected chi connectivity index (χ0v) is 13.1. The summed E-state index contributed by atoms with van der Waals surface area (Å²) in [6, 6.07) is 2.09. The molecule has 0 N–H and O–H groups in total. The third-order valence-electron chi connectivity index (χ3n) is 5.14. The normalized spacial score (nSPS) is 22.6. The Morgan fingerprint density at radius 3 is 2.35 bits per heavy atom. The second kappa shape index (κ2) is 6.63. The Balaban J connectivity index is 1.44. The van der Waals surface area contributed by atoms with Crippen LogP contribution in [0.25, 0.3) is 0 Å². The summed E-state index contributed by atoms with van der Waals surface area (Å²) < 4.78 is 45.3. The molecule has 2 heterocycles. The van der Waals surface area contributed by atoms with Gasteiger partial charge in [0.25, 0.3) is 0 Å². The first-order chi connectivity index (χ1) is 11.0. The van der Waals surface area contributed by atoms with Crippen molar-refractivity contribution in [3.8, 4) is 6.01 Å². The van der Waals surface area contributed by atoms with Crippen molar-refractivity contribution in [2.24, 2.45) is 11.3 Å². The molecular weight excluding hydrogens is 307 g/mol.